The highest BCUT2D eigenvalue weighted by atomic mass is 16.7. The highest BCUT2D eigenvalue weighted by Gasteiger charge is 2.56. The maximum atomic E-state index is 12.5. The number of allylic oxidation sites excluding steroid dienone is 3. The Kier molecular flexibility index (Phi) is 5.34. The summed E-state index contributed by atoms with van der Waals surface area (Å²) in [5, 5.41) is 0. The number of carbonyl (C=O) groups is 1. The molecular weight excluding hydrogens is 340 g/mol. The van der Waals surface area contributed by atoms with Gasteiger partial charge in [0.05, 0.1) is 19.3 Å². The summed E-state index contributed by atoms with van der Waals surface area (Å²) in [6.07, 6.45) is 12.3. The lowest BCUT2D eigenvalue weighted by Crippen LogP contribution is -2.46. The van der Waals surface area contributed by atoms with E-state index in [1.807, 2.05) is 0 Å². The van der Waals surface area contributed by atoms with Crippen LogP contribution in [0.15, 0.2) is 23.3 Å². The zero-order chi connectivity index (χ0) is 19.1. The number of ether oxygens (including phenoxy) is 3. The van der Waals surface area contributed by atoms with Gasteiger partial charge in [-0.3, -0.25) is 4.79 Å². The molecule has 5 atom stereocenters. The molecule has 0 aromatic rings. The van der Waals surface area contributed by atoms with Gasteiger partial charge in [0.1, 0.15) is 12.6 Å². The summed E-state index contributed by atoms with van der Waals surface area (Å²) in [4.78, 5) is 12.5. The van der Waals surface area contributed by atoms with Crippen molar-refractivity contribution in [1.82, 2.24) is 0 Å². The SMILES string of the molecule is COCCOCO[C@H]1CC[C@]2(C)C(=CC=C3[C@H]2CC[C@]2(C)C(=O)CC[C@@H]32)C1. The molecule has 3 fully saturated rings. The predicted octanol–water partition coefficient (Wildman–Crippen LogP) is 4.44. The molecule has 4 aliphatic carbocycles. The van der Waals surface area contributed by atoms with Gasteiger partial charge in [0.15, 0.2) is 0 Å². The Morgan fingerprint density at radius 1 is 1.04 bits per heavy atom. The number of ketones is 1. The van der Waals surface area contributed by atoms with Crippen LogP contribution in [0.25, 0.3) is 0 Å². The average molecular weight is 375 g/mol. The standard InChI is InChI=1S/C23H34O4/c1-22-10-8-17(27-15-26-13-12-25-3)14-16(22)4-5-18-19-6-7-21(24)23(19,2)11-9-20(18)22/h4-5,17,19-20H,6-15H2,1-3H3/t17-,19-,20+,22+,23-/m0/s1. The van der Waals surface area contributed by atoms with Crippen molar-refractivity contribution in [2.45, 2.75) is 64.9 Å². The summed E-state index contributed by atoms with van der Waals surface area (Å²) in [5.74, 6) is 1.58. The van der Waals surface area contributed by atoms with Gasteiger partial charge in [-0.05, 0) is 55.8 Å². The van der Waals surface area contributed by atoms with Crippen LogP contribution in [-0.4, -0.2) is 39.0 Å². The van der Waals surface area contributed by atoms with Crippen molar-refractivity contribution in [2.75, 3.05) is 27.1 Å². The lowest BCUT2D eigenvalue weighted by Gasteiger charge is -2.53. The molecule has 0 bridgehead atoms. The molecule has 4 nitrogen and oxygen atoms in total. The van der Waals surface area contributed by atoms with E-state index in [2.05, 4.69) is 26.0 Å². The highest BCUT2D eigenvalue weighted by molar-refractivity contribution is 5.88. The van der Waals surface area contributed by atoms with E-state index in [9.17, 15) is 4.79 Å². The first-order valence-electron chi connectivity index (χ1n) is 10.6. The average Bonchev–Trinajstić information content (AvgIpc) is 2.97. The van der Waals surface area contributed by atoms with E-state index in [1.54, 1.807) is 12.7 Å². The van der Waals surface area contributed by atoms with E-state index in [4.69, 9.17) is 14.2 Å². The van der Waals surface area contributed by atoms with Crippen molar-refractivity contribution in [2.24, 2.45) is 22.7 Å². The molecule has 27 heavy (non-hydrogen) atoms. The van der Waals surface area contributed by atoms with Gasteiger partial charge < -0.3 is 14.2 Å². The number of hydrogen-bond donors (Lipinski definition) is 0. The highest BCUT2D eigenvalue weighted by Crippen LogP contribution is 2.62. The first-order valence-corrected chi connectivity index (χ1v) is 10.6. The lowest BCUT2D eigenvalue weighted by molar-refractivity contribution is -0.127. The van der Waals surface area contributed by atoms with Gasteiger partial charge in [0.2, 0.25) is 0 Å². The topological polar surface area (TPSA) is 44.8 Å². The van der Waals surface area contributed by atoms with E-state index < -0.39 is 0 Å². The number of fused-ring (bicyclic) bond motifs is 5. The van der Waals surface area contributed by atoms with Crippen LogP contribution < -0.4 is 0 Å². The second-order valence-electron chi connectivity index (χ2n) is 9.35. The van der Waals surface area contributed by atoms with Crippen LogP contribution in [0.1, 0.15) is 58.8 Å². The van der Waals surface area contributed by atoms with E-state index in [1.165, 1.54) is 12.0 Å². The second-order valence-corrected chi connectivity index (χ2v) is 9.35. The maximum absolute atomic E-state index is 12.5. The van der Waals surface area contributed by atoms with E-state index in [0.29, 0.717) is 37.6 Å². The Morgan fingerprint density at radius 3 is 2.63 bits per heavy atom. The Morgan fingerprint density at radius 2 is 1.81 bits per heavy atom. The molecule has 4 rings (SSSR count). The van der Waals surface area contributed by atoms with Crippen molar-refractivity contribution < 1.29 is 19.0 Å². The Balaban J connectivity index is 1.45. The van der Waals surface area contributed by atoms with Crippen molar-refractivity contribution in [1.29, 1.82) is 0 Å². The lowest BCUT2D eigenvalue weighted by atomic mass is 9.51. The Labute approximate surface area is 163 Å². The van der Waals surface area contributed by atoms with Gasteiger partial charge in [0, 0.05) is 18.9 Å². The minimum atomic E-state index is -0.0934. The zero-order valence-electron chi connectivity index (χ0n) is 17.1. The van der Waals surface area contributed by atoms with Crippen LogP contribution >= 0.6 is 0 Å². The third-order valence-electron chi connectivity index (χ3n) is 8.05. The predicted molar refractivity (Wildman–Crippen MR) is 104 cm³/mol. The van der Waals surface area contributed by atoms with Crippen molar-refractivity contribution in [3.63, 3.8) is 0 Å². The van der Waals surface area contributed by atoms with Crippen LogP contribution in [0.5, 0.6) is 0 Å². The summed E-state index contributed by atoms with van der Waals surface area (Å²) >= 11 is 0. The minimum absolute atomic E-state index is 0.0934. The van der Waals surface area contributed by atoms with Crippen molar-refractivity contribution >= 4 is 5.78 Å². The number of carbonyl (C=O) groups excluding carboxylic acids is 1. The van der Waals surface area contributed by atoms with E-state index in [-0.39, 0.29) is 16.9 Å². The summed E-state index contributed by atoms with van der Waals surface area (Å²) in [6, 6.07) is 0. The van der Waals surface area contributed by atoms with Gasteiger partial charge in [-0.15, -0.1) is 0 Å². The van der Waals surface area contributed by atoms with Gasteiger partial charge >= 0.3 is 0 Å². The monoisotopic (exact) mass is 374 g/mol. The quantitative estimate of drug-likeness (QED) is 0.509. The fourth-order valence-electron chi connectivity index (χ4n) is 6.24. The summed E-state index contributed by atoms with van der Waals surface area (Å²) in [5.41, 5.74) is 3.26. The number of rotatable bonds is 6. The molecule has 0 saturated heterocycles. The van der Waals surface area contributed by atoms with Crippen molar-refractivity contribution in [3.8, 4) is 0 Å². The molecule has 0 spiro atoms. The van der Waals surface area contributed by atoms with E-state index >= 15 is 0 Å². The van der Waals surface area contributed by atoms with Gasteiger partial charge in [-0.25, -0.2) is 0 Å². The molecule has 4 aliphatic rings. The van der Waals surface area contributed by atoms with Crippen LogP contribution in [0.3, 0.4) is 0 Å². The zero-order valence-corrected chi connectivity index (χ0v) is 17.1. The maximum Gasteiger partial charge on any atom is 0.147 e. The fraction of sp³-hybridized carbons (Fsp3) is 0.783. The number of methoxy groups -OCH3 is 1. The summed E-state index contributed by atoms with van der Waals surface area (Å²) in [6.45, 7) is 6.22. The first-order chi connectivity index (χ1) is 13.0. The molecule has 0 aromatic carbocycles. The largest absolute Gasteiger partial charge is 0.382 e. The molecule has 4 heteroatoms. The number of Topliss-reactive ketones (excluding diaryl/α,β-unsaturated/α-hetero) is 1. The van der Waals surface area contributed by atoms with Gasteiger partial charge in [-0.1, -0.05) is 37.1 Å². The molecular formula is C23H34O4. The van der Waals surface area contributed by atoms with Crippen LogP contribution in [0.4, 0.5) is 0 Å². The first kappa shape index (κ1) is 19.4. The van der Waals surface area contributed by atoms with Crippen LogP contribution in [0, 0.1) is 22.7 Å². The molecule has 0 aromatic heterocycles. The molecule has 0 amide bonds. The Hall–Kier alpha value is -0.970. The third kappa shape index (κ3) is 3.24. The second kappa shape index (κ2) is 7.46. The normalized spacial score (nSPS) is 40.7. The molecule has 0 unspecified atom stereocenters. The molecule has 0 N–H and O–H groups in total. The molecule has 0 radical (unpaired) electrons. The van der Waals surface area contributed by atoms with Crippen LogP contribution in [-0.2, 0) is 19.0 Å². The third-order valence-corrected chi connectivity index (χ3v) is 8.05. The molecule has 3 saturated carbocycles. The molecule has 150 valence electrons. The molecule has 0 aliphatic heterocycles. The number of hydrogen-bond acceptors (Lipinski definition) is 4. The fourth-order valence-corrected chi connectivity index (χ4v) is 6.24. The van der Waals surface area contributed by atoms with Gasteiger partial charge in [-0.2, -0.15) is 0 Å². The van der Waals surface area contributed by atoms with Crippen LogP contribution in [0.2, 0.25) is 0 Å². The minimum Gasteiger partial charge on any atom is -0.382 e. The smallest absolute Gasteiger partial charge is 0.147 e. The van der Waals surface area contributed by atoms with Crippen molar-refractivity contribution in [3.05, 3.63) is 23.3 Å². The Bertz CT molecular complexity index is 651. The summed E-state index contributed by atoms with van der Waals surface area (Å²) in [7, 11) is 1.68. The summed E-state index contributed by atoms with van der Waals surface area (Å²) < 4.78 is 16.5. The molecule has 0 heterocycles. The van der Waals surface area contributed by atoms with Gasteiger partial charge in [0.25, 0.3) is 0 Å². The van der Waals surface area contributed by atoms with E-state index in [0.717, 1.165) is 38.5 Å².